The summed E-state index contributed by atoms with van der Waals surface area (Å²) in [6.07, 6.45) is -0.895. The number of nitrogens with zero attached hydrogens (tertiary/aromatic N) is 1. The highest BCUT2D eigenvalue weighted by Gasteiger charge is 2.15. The number of rotatable bonds is 10. The number of hydrogen-bond donors (Lipinski definition) is 3. The third-order valence-electron chi connectivity index (χ3n) is 4.20. The fourth-order valence-electron chi connectivity index (χ4n) is 2.75. The molecule has 1 unspecified atom stereocenters. The molecule has 0 radical (unpaired) electrons. The molecule has 0 heterocycles. The van der Waals surface area contributed by atoms with E-state index in [0.717, 1.165) is 0 Å². The molecule has 2 rings (SSSR count). The van der Waals surface area contributed by atoms with E-state index < -0.39 is 12.7 Å². The minimum Gasteiger partial charge on any atom is -0.497 e. The third kappa shape index (κ3) is 6.77. The van der Waals surface area contributed by atoms with Crippen molar-refractivity contribution in [2.75, 3.05) is 27.3 Å². The van der Waals surface area contributed by atoms with Gasteiger partial charge in [0.1, 0.15) is 17.2 Å². The smallest absolute Gasteiger partial charge is 0.387 e. The molecule has 0 bridgehead atoms. The van der Waals surface area contributed by atoms with Crippen molar-refractivity contribution in [2.24, 2.45) is 4.99 Å². The van der Waals surface area contributed by atoms with E-state index in [4.69, 9.17) is 9.47 Å². The highest BCUT2D eigenvalue weighted by molar-refractivity contribution is 5.79. The Bertz CT molecular complexity index is 834. The summed E-state index contributed by atoms with van der Waals surface area (Å²) in [5, 5.41) is 16.7. The van der Waals surface area contributed by atoms with Crippen molar-refractivity contribution >= 4 is 5.96 Å². The predicted molar refractivity (Wildman–Crippen MR) is 110 cm³/mol. The molecule has 30 heavy (non-hydrogen) atoms. The summed E-state index contributed by atoms with van der Waals surface area (Å²) in [5.74, 6) is 1.63. The SMILES string of the molecule is CCNC(=NCc1ccccc1OC(F)F)NCC(O)c1cc(OC)ccc1OC. The molecule has 0 aliphatic heterocycles. The van der Waals surface area contributed by atoms with Crippen molar-refractivity contribution in [2.45, 2.75) is 26.2 Å². The van der Waals surface area contributed by atoms with Crippen LogP contribution in [-0.2, 0) is 6.54 Å². The van der Waals surface area contributed by atoms with Crippen LogP contribution in [0.25, 0.3) is 0 Å². The lowest BCUT2D eigenvalue weighted by molar-refractivity contribution is -0.0504. The number of benzene rings is 2. The first-order valence-corrected chi connectivity index (χ1v) is 9.43. The zero-order chi connectivity index (χ0) is 21.9. The molecular formula is C21H27F2N3O4. The average Bonchev–Trinajstić information content (AvgIpc) is 2.75. The van der Waals surface area contributed by atoms with E-state index in [1.54, 1.807) is 43.5 Å². The van der Waals surface area contributed by atoms with E-state index in [0.29, 0.717) is 35.1 Å². The van der Waals surface area contributed by atoms with E-state index >= 15 is 0 Å². The molecule has 0 saturated carbocycles. The summed E-state index contributed by atoms with van der Waals surface area (Å²) in [4.78, 5) is 4.40. The molecule has 3 N–H and O–H groups in total. The molecular weight excluding hydrogens is 396 g/mol. The zero-order valence-electron chi connectivity index (χ0n) is 17.2. The summed E-state index contributed by atoms with van der Waals surface area (Å²) in [6.45, 7) is -0.164. The highest BCUT2D eigenvalue weighted by Crippen LogP contribution is 2.29. The lowest BCUT2D eigenvalue weighted by Crippen LogP contribution is -2.39. The van der Waals surface area contributed by atoms with Gasteiger partial charge in [0, 0.05) is 24.2 Å². The van der Waals surface area contributed by atoms with E-state index in [9.17, 15) is 13.9 Å². The Labute approximate surface area is 174 Å². The third-order valence-corrected chi connectivity index (χ3v) is 4.20. The van der Waals surface area contributed by atoms with Crippen LogP contribution in [0.5, 0.6) is 17.2 Å². The molecule has 1 atom stereocenters. The van der Waals surface area contributed by atoms with Gasteiger partial charge in [-0.05, 0) is 31.2 Å². The van der Waals surface area contributed by atoms with Crippen LogP contribution in [0.1, 0.15) is 24.2 Å². The Morgan fingerprint density at radius 3 is 2.50 bits per heavy atom. The Balaban J connectivity index is 2.09. The topological polar surface area (TPSA) is 84.3 Å². The maximum atomic E-state index is 12.6. The second-order valence-electron chi connectivity index (χ2n) is 6.19. The quantitative estimate of drug-likeness (QED) is 0.402. The number of ether oxygens (including phenoxy) is 3. The number of guanidine groups is 1. The molecule has 9 heteroatoms. The zero-order valence-corrected chi connectivity index (χ0v) is 17.2. The van der Waals surface area contributed by atoms with Gasteiger partial charge in [-0.15, -0.1) is 0 Å². The van der Waals surface area contributed by atoms with Gasteiger partial charge in [-0.3, -0.25) is 0 Å². The van der Waals surface area contributed by atoms with E-state index in [2.05, 4.69) is 20.4 Å². The summed E-state index contributed by atoms with van der Waals surface area (Å²) < 4.78 is 40.2. The van der Waals surface area contributed by atoms with Gasteiger partial charge in [0.25, 0.3) is 0 Å². The minimum absolute atomic E-state index is 0.0771. The molecule has 0 aliphatic rings. The Morgan fingerprint density at radius 1 is 1.07 bits per heavy atom. The van der Waals surface area contributed by atoms with Gasteiger partial charge in [0.05, 0.1) is 26.9 Å². The summed E-state index contributed by atoms with van der Waals surface area (Å²) in [5.41, 5.74) is 1.08. The second-order valence-corrected chi connectivity index (χ2v) is 6.19. The normalized spacial score (nSPS) is 12.4. The maximum absolute atomic E-state index is 12.6. The standard InChI is InChI=1S/C21H27F2N3O4/c1-4-24-21(25-12-14-7-5-6-8-18(14)30-20(22)23)26-13-17(27)16-11-15(28-2)9-10-19(16)29-3/h5-11,17,20,27H,4,12-13H2,1-3H3,(H2,24,25,26). The first-order chi connectivity index (χ1) is 14.5. The van der Waals surface area contributed by atoms with Gasteiger partial charge in [0.15, 0.2) is 5.96 Å². The van der Waals surface area contributed by atoms with Gasteiger partial charge < -0.3 is 30.0 Å². The maximum Gasteiger partial charge on any atom is 0.387 e. The molecule has 0 aliphatic carbocycles. The Hall–Kier alpha value is -3.07. The first kappa shape index (κ1) is 23.2. The van der Waals surface area contributed by atoms with E-state index in [-0.39, 0.29) is 18.8 Å². The lowest BCUT2D eigenvalue weighted by Gasteiger charge is -2.18. The van der Waals surface area contributed by atoms with Gasteiger partial charge in [-0.1, -0.05) is 18.2 Å². The average molecular weight is 423 g/mol. The van der Waals surface area contributed by atoms with Crippen LogP contribution in [0.2, 0.25) is 0 Å². The molecule has 2 aromatic rings. The Morgan fingerprint density at radius 2 is 1.83 bits per heavy atom. The number of halogens is 2. The van der Waals surface area contributed by atoms with Crippen molar-refractivity contribution in [3.05, 3.63) is 53.6 Å². The number of aliphatic hydroxyl groups is 1. The van der Waals surface area contributed by atoms with Crippen LogP contribution >= 0.6 is 0 Å². The molecule has 0 fully saturated rings. The number of aliphatic hydroxyl groups excluding tert-OH is 1. The fraction of sp³-hybridized carbons (Fsp3) is 0.381. The lowest BCUT2D eigenvalue weighted by atomic mass is 10.1. The molecule has 0 saturated heterocycles. The fourth-order valence-corrected chi connectivity index (χ4v) is 2.75. The van der Waals surface area contributed by atoms with Crippen molar-refractivity contribution in [3.8, 4) is 17.2 Å². The molecule has 164 valence electrons. The monoisotopic (exact) mass is 423 g/mol. The first-order valence-electron chi connectivity index (χ1n) is 9.43. The van der Waals surface area contributed by atoms with E-state index in [1.807, 2.05) is 6.92 Å². The van der Waals surface area contributed by atoms with Gasteiger partial charge in [0.2, 0.25) is 0 Å². The van der Waals surface area contributed by atoms with Gasteiger partial charge in [-0.25, -0.2) is 4.99 Å². The molecule has 0 spiro atoms. The van der Waals surface area contributed by atoms with Crippen molar-refractivity contribution < 1.29 is 28.1 Å². The van der Waals surface area contributed by atoms with Crippen molar-refractivity contribution in [3.63, 3.8) is 0 Å². The van der Waals surface area contributed by atoms with Crippen LogP contribution in [0.3, 0.4) is 0 Å². The molecule has 0 aromatic heterocycles. The molecule has 0 amide bonds. The second kappa shape index (κ2) is 11.8. The molecule has 7 nitrogen and oxygen atoms in total. The van der Waals surface area contributed by atoms with Crippen LogP contribution in [0.15, 0.2) is 47.5 Å². The van der Waals surface area contributed by atoms with Gasteiger partial charge in [-0.2, -0.15) is 8.78 Å². The number of hydrogen-bond acceptors (Lipinski definition) is 5. The Kier molecular flexibility index (Phi) is 9.14. The highest BCUT2D eigenvalue weighted by atomic mass is 19.3. The number of nitrogens with one attached hydrogen (secondary N) is 2. The number of alkyl halides is 2. The van der Waals surface area contributed by atoms with Crippen LogP contribution in [-0.4, -0.2) is 45.0 Å². The van der Waals surface area contributed by atoms with Crippen LogP contribution in [0, 0.1) is 0 Å². The van der Waals surface area contributed by atoms with Gasteiger partial charge >= 0.3 is 6.61 Å². The van der Waals surface area contributed by atoms with Crippen molar-refractivity contribution in [1.29, 1.82) is 0 Å². The number of methoxy groups -OCH3 is 2. The summed E-state index contributed by atoms with van der Waals surface area (Å²) >= 11 is 0. The van der Waals surface area contributed by atoms with Crippen molar-refractivity contribution in [1.82, 2.24) is 10.6 Å². The molecule has 2 aromatic carbocycles. The summed E-state index contributed by atoms with van der Waals surface area (Å²) in [6, 6.07) is 11.6. The number of aliphatic imine (C=N–C) groups is 1. The summed E-state index contributed by atoms with van der Waals surface area (Å²) in [7, 11) is 3.07. The van der Waals surface area contributed by atoms with Crippen LogP contribution in [0.4, 0.5) is 8.78 Å². The number of para-hydroxylation sites is 1. The van der Waals surface area contributed by atoms with Crippen LogP contribution < -0.4 is 24.8 Å². The minimum atomic E-state index is -2.91. The largest absolute Gasteiger partial charge is 0.497 e. The predicted octanol–water partition coefficient (Wildman–Crippen LogP) is 3.09. The van der Waals surface area contributed by atoms with E-state index in [1.165, 1.54) is 13.2 Å².